The predicted molar refractivity (Wildman–Crippen MR) is 165 cm³/mol. The van der Waals surface area contributed by atoms with Gasteiger partial charge in [-0.05, 0) is 54.1 Å². The van der Waals surface area contributed by atoms with Crippen molar-refractivity contribution in [3.63, 3.8) is 0 Å². The van der Waals surface area contributed by atoms with Crippen LogP contribution in [-0.2, 0) is 20.9 Å². The van der Waals surface area contributed by atoms with Gasteiger partial charge in [0.1, 0.15) is 17.5 Å². The Labute approximate surface area is 250 Å². The highest BCUT2D eigenvalue weighted by Gasteiger charge is 2.56. The molecule has 3 atom stereocenters. The van der Waals surface area contributed by atoms with Crippen LogP contribution in [-0.4, -0.2) is 48.7 Å². The Kier molecular flexibility index (Phi) is 7.38. The molecule has 2 aliphatic rings. The third-order valence-corrected chi connectivity index (χ3v) is 10.1. The molecular weight excluding hydrogens is 572 g/mol. The number of anilines is 3. The summed E-state index contributed by atoms with van der Waals surface area (Å²) in [5.74, 6) is -1.65. The van der Waals surface area contributed by atoms with Gasteiger partial charge >= 0.3 is 4.87 Å². The predicted octanol–water partition coefficient (Wildman–Crippen LogP) is 4.42. The number of aromatic nitrogens is 1. The number of rotatable bonds is 7. The normalized spacial score (nSPS) is 19.3. The highest BCUT2D eigenvalue weighted by Crippen LogP contribution is 2.54. The fourth-order valence-electron chi connectivity index (χ4n) is 5.45. The molecule has 9 nitrogen and oxygen atoms in total. The van der Waals surface area contributed by atoms with E-state index in [0.717, 1.165) is 22.6 Å². The summed E-state index contributed by atoms with van der Waals surface area (Å²) < 4.78 is 6.67. The Morgan fingerprint density at radius 2 is 1.62 bits per heavy atom. The van der Waals surface area contributed by atoms with Crippen LogP contribution >= 0.6 is 23.1 Å². The van der Waals surface area contributed by atoms with Gasteiger partial charge in [-0.15, -0.1) is 0 Å². The minimum Gasteiger partial charge on any atom is -0.497 e. The zero-order chi connectivity index (χ0) is 29.5. The molecule has 214 valence electrons. The molecule has 3 aromatic carbocycles. The number of hydrogen-bond acceptors (Lipinski definition) is 8. The Hall–Kier alpha value is -4.35. The van der Waals surface area contributed by atoms with Gasteiger partial charge in [-0.25, -0.2) is 4.90 Å². The van der Waals surface area contributed by atoms with Crippen LogP contribution in [0.5, 0.6) is 5.75 Å². The molecule has 3 heterocycles. The first-order chi connectivity index (χ1) is 20.3. The number of nitrogens with one attached hydrogen (secondary N) is 1. The van der Waals surface area contributed by atoms with E-state index in [-0.39, 0.29) is 29.1 Å². The van der Waals surface area contributed by atoms with Crippen LogP contribution in [0.4, 0.5) is 17.1 Å². The van der Waals surface area contributed by atoms with Crippen molar-refractivity contribution in [2.75, 3.05) is 36.3 Å². The molecule has 0 radical (unpaired) electrons. The minimum absolute atomic E-state index is 0.208. The van der Waals surface area contributed by atoms with Crippen LogP contribution in [0.15, 0.2) is 88.7 Å². The second-order valence-corrected chi connectivity index (χ2v) is 12.4. The van der Waals surface area contributed by atoms with E-state index < -0.39 is 17.1 Å². The first-order valence-corrected chi connectivity index (χ1v) is 15.0. The van der Waals surface area contributed by atoms with Crippen molar-refractivity contribution in [3.05, 3.63) is 99.0 Å². The fraction of sp³-hybridized carbons (Fsp3) is 0.226. The Morgan fingerprint density at radius 1 is 0.929 bits per heavy atom. The van der Waals surface area contributed by atoms with E-state index in [1.165, 1.54) is 21.2 Å². The number of carbonyl (C=O) groups is 3. The highest BCUT2D eigenvalue weighted by atomic mass is 32.2. The number of para-hydroxylation sites is 1. The summed E-state index contributed by atoms with van der Waals surface area (Å²) in [6, 6.07) is 23.6. The summed E-state index contributed by atoms with van der Waals surface area (Å²) in [7, 11) is 5.44. The lowest BCUT2D eigenvalue weighted by atomic mass is 9.83. The van der Waals surface area contributed by atoms with Crippen molar-refractivity contribution in [2.45, 2.75) is 22.7 Å². The van der Waals surface area contributed by atoms with E-state index in [1.807, 2.05) is 61.5 Å². The molecule has 1 fully saturated rings. The maximum absolute atomic E-state index is 14.1. The molecule has 0 bridgehead atoms. The maximum atomic E-state index is 14.1. The Morgan fingerprint density at radius 3 is 2.26 bits per heavy atom. The third-order valence-electron chi connectivity index (χ3n) is 7.51. The molecule has 1 aromatic heterocycles. The Bertz CT molecular complexity index is 1710. The third kappa shape index (κ3) is 4.88. The van der Waals surface area contributed by atoms with Crippen molar-refractivity contribution in [1.82, 2.24) is 4.57 Å². The van der Waals surface area contributed by atoms with Crippen LogP contribution in [0, 0.1) is 5.92 Å². The molecule has 3 amide bonds. The van der Waals surface area contributed by atoms with E-state index in [9.17, 15) is 19.2 Å². The van der Waals surface area contributed by atoms with Gasteiger partial charge < -0.3 is 15.0 Å². The number of fused-ring (bicyclic) bond motifs is 2. The van der Waals surface area contributed by atoms with Crippen molar-refractivity contribution in [1.29, 1.82) is 0 Å². The number of carbonyl (C=O) groups excluding carboxylic acids is 3. The lowest BCUT2D eigenvalue weighted by Crippen LogP contribution is -2.33. The quantitative estimate of drug-likeness (QED) is 0.314. The highest BCUT2D eigenvalue weighted by molar-refractivity contribution is 8.00. The number of thiazole rings is 1. The summed E-state index contributed by atoms with van der Waals surface area (Å²) in [5.41, 5.74) is 2.90. The lowest BCUT2D eigenvalue weighted by molar-refractivity contribution is -0.122. The summed E-state index contributed by atoms with van der Waals surface area (Å²) in [6.07, 6.45) is 0. The molecule has 6 rings (SSSR count). The standard InChI is InChI=1S/C31H28N4O5S2/c1-33(2)20-11-9-18(10-12-20)24-25-26(29(38)35(28(25)37)21-13-15-22(40-3)16-14-21)41-30-27(24)42-31(39)34(30)17-23(36)32-19-7-5-4-6-8-19/h4-16,24-26H,17H2,1-3H3,(H,32,36)/t24-,25?,26?/m1/s1. The van der Waals surface area contributed by atoms with Crippen LogP contribution in [0.25, 0.3) is 0 Å². The average Bonchev–Trinajstić information content (AvgIpc) is 3.43. The molecule has 0 spiro atoms. The zero-order valence-corrected chi connectivity index (χ0v) is 24.8. The van der Waals surface area contributed by atoms with Gasteiger partial charge in [-0.3, -0.25) is 23.7 Å². The number of methoxy groups -OCH3 is 1. The molecule has 4 aromatic rings. The maximum Gasteiger partial charge on any atom is 0.308 e. The number of imide groups is 1. The van der Waals surface area contributed by atoms with Crippen LogP contribution in [0.2, 0.25) is 0 Å². The second-order valence-electron chi connectivity index (χ2n) is 10.3. The van der Waals surface area contributed by atoms with Crippen molar-refractivity contribution >= 4 is 57.9 Å². The average molecular weight is 601 g/mol. The van der Waals surface area contributed by atoms with E-state index in [1.54, 1.807) is 43.5 Å². The molecule has 0 saturated carbocycles. The van der Waals surface area contributed by atoms with Gasteiger partial charge in [0.05, 0.1) is 23.7 Å². The molecule has 1 saturated heterocycles. The van der Waals surface area contributed by atoms with Crippen LogP contribution in [0.1, 0.15) is 16.4 Å². The number of hydrogen-bond donors (Lipinski definition) is 1. The molecule has 11 heteroatoms. The van der Waals surface area contributed by atoms with E-state index >= 15 is 0 Å². The topological polar surface area (TPSA) is 101 Å². The van der Waals surface area contributed by atoms with Gasteiger partial charge in [0.15, 0.2) is 0 Å². The zero-order valence-electron chi connectivity index (χ0n) is 23.1. The number of nitrogens with zero attached hydrogens (tertiary/aromatic N) is 3. The van der Waals surface area contributed by atoms with Crippen LogP contribution in [0.3, 0.4) is 0 Å². The van der Waals surface area contributed by atoms with Crippen molar-refractivity contribution in [3.8, 4) is 5.75 Å². The lowest BCUT2D eigenvalue weighted by Gasteiger charge is -2.31. The fourth-order valence-corrected chi connectivity index (χ4v) is 8.22. The second kappa shape index (κ2) is 11.1. The monoisotopic (exact) mass is 600 g/mol. The molecule has 2 aliphatic heterocycles. The number of ether oxygens (including phenoxy) is 1. The van der Waals surface area contributed by atoms with Crippen molar-refractivity contribution in [2.24, 2.45) is 5.92 Å². The van der Waals surface area contributed by atoms with Gasteiger partial charge in [-0.2, -0.15) is 0 Å². The van der Waals surface area contributed by atoms with Crippen molar-refractivity contribution < 1.29 is 19.1 Å². The smallest absolute Gasteiger partial charge is 0.308 e. The summed E-state index contributed by atoms with van der Waals surface area (Å²) in [6.45, 7) is -0.208. The Balaban J connectivity index is 1.41. The minimum atomic E-state index is -0.761. The summed E-state index contributed by atoms with van der Waals surface area (Å²) in [4.78, 5) is 57.9. The molecule has 42 heavy (non-hydrogen) atoms. The van der Waals surface area contributed by atoms with Crippen LogP contribution < -0.4 is 24.7 Å². The van der Waals surface area contributed by atoms with Gasteiger partial charge in [-0.1, -0.05) is 53.4 Å². The number of benzene rings is 3. The number of thioether (sulfide) groups is 1. The van der Waals surface area contributed by atoms with Gasteiger partial charge in [0.2, 0.25) is 17.7 Å². The van der Waals surface area contributed by atoms with E-state index in [0.29, 0.717) is 27.0 Å². The molecule has 1 N–H and O–H groups in total. The molecular formula is C31H28N4O5S2. The van der Waals surface area contributed by atoms with E-state index in [2.05, 4.69) is 5.32 Å². The van der Waals surface area contributed by atoms with Gasteiger partial charge in [0, 0.05) is 36.3 Å². The SMILES string of the molecule is COc1ccc(N2C(=O)C3Sc4c(sc(=O)n4CC(=O)Nc4ccccc4)[C@H](c4ccc(N(C)C)cc4)C3C2=O)cc1. The summed E-state index contributed by atoms with van der Waals surface area (Å²) in [5, 5.41) is 2.62. The first-order valence-electron chi connectivity index (χ1n) is 13.3. The summed E-state index contributed by atoms with van der Waals surface area (Å²) >= 11 is 2.23. The number of amides is 3. The first kappa shape index (κ1) is 27.8. The molecule has 0 aliphatic carbocycles. The van der Waals surface area contributed by atoms with Gasteiger partial charge in [0.25, 0.3) is 0 Å². The molecule has 2 unspecified atom stereocenters. The van der Waals surface area contributed by atoms with E-state index in [4.69, 9.17) is 4.74 Å². The largest absolute Gasteiger partial charge is 0.497 e.